The number of carbonyl (C=O) groups excluding carboxylic acids is 1. The third-order valence-corrected chi connectivity index (χ3v) is 7.97. The number of methoxy groups -OCH3 is 1. The maximum absolute atomic E-state index is 13.1. The van der Waals surface area contributed by atoms with Gasteiger partial charge in [0.05, 0.1) is 23.4 Å². The summed E-state index contributed by atoms with van der Waals surface area (Å²) in [5.74, 6) is 1.83. The number of ether oxygens (including phenoxy) is 1. The topological polar surface area (TPSA) is 132 Å². The fraction of sp³-hybridized carbons (Fsp3) is 0.500. The summed E-state index contributed by atoms with van der Waals surface area (Å²) < 4.78 is 5.31. The summed E-state index contributed by atoms with van der Waals surface area (Å²) in [7, 11) is 1.72. The van der Waals surface area contributed by atoms with Crippen LogP contribution in [0.5, 0.6) is 0 Å². The summed E-state index contributed by atoms with van der Waals surface area (Å²) in [4.78, 5) is 30.4. The molecule has 0 radical (unpaired) electrons. The third-order valence-electron chi connectivity index (χ3n) is 6.87. The van der Waals surface area contributed by atoms with E-state index in [9.17, 15) is 4.79 Å². The zero-order valence-corrected chi connectivity index (χ0v) is 20.6. The van der Waals surface area contributed by atoms with E-state index in [0.29, 0.717) is 28.9 Å². The van der Waals surface area contributed by atoms with Crippen LogP contribution in [0.2, 0.25) is 0 Å². The van der Waals surface area contributed by atoms with Crippen molar-refractivity contribution in [3.8, 4) is 0 Å². The predicted octanol–water partition coefficient (Wildman–Crippen LogP) is 1.98. The molecule has 180 valence electrons. The number of pyridine rings is 1. The van der Waals surface area contributed by atoms with Gasteiger partial charge in [0.25, 0.3) is 5.91 Å². The highest BCUT2D eigenvalue weighted by Gasteiger charge is 2.32. The largest absolute Gasteiger partial charge is 0.397 e. The molecule has 3 atom stereocenters. The van der Waals surface area contributed by atoms with E-state index in [-0.39, 0.29) is 18.0 Å². The monoisotopic (exact) mass is 481 g/mol. The van der Waals surface area contributed by atoms with Crippen LogP contribution in [0.25, 0.3) is 10.2 Å². The average molecular weight is 482 g/mol. The lowest BCUT2D eigenvalue weighted by Gasteiger charge is -2.26. The first-order chi connectivity index (χ1) is 16.3. The van der Waals surface area contributed by atoms with Crippen molar-refractivity contribution in [3.05, 3.63) is 39.8 Å². The van der Waals surface area contributed by atoms with Crippen molar-refractivity contribution < 1.29 is 9.53 Å². The predicted molar refractivity (Wildman–Crippen MR) is 134 cm³/mol. The number of anilines is 2. The molecule has 10 heteroatoms. The number of nitrogen functional groups attached to an aromatic ring is 1. The highest BCUT2D eigenvalue weighted by molar-refractivity contribution is 7.21. The van der Waals surface area contributed by atoms with Crippen LogP contribution in [0, 0.1) is 19.8 Å². The van der Waals surface area contributed by atoms with Gasteiger partial charge in [0.15, 0.2) is 0 Å². The number of nitrogens with zero attached hydrogens (tertiary/aromatic N) is 4. The van der Waals surface area contributed by atoms with Crippen molar-refractivity contribution in [3.63, 3.8) is 0 Å². The summed E-state index contributed by atoms with van der Waals surface area (Å²) in [6.07, 6.45) is 2.41. The number of carbonyl (C=O) groups is 1. The number of nitrogens with two attached hydrogens (primary N) is 2. The normalized spacial score (nSPS) is 22.2. The fourth-order valence-electron chi connectivity index (χ4n) is 5.12. The fourth-order valence-corrected chi connectivity index (χ4v) is 6.22. The number of hydrogen-bond acceptors (Lipinski definition) is 9. The summed E-state index contributed by atoms with van der Waals surface area (Å²) in [5.41, 5.74) is 16.2. The van der Waals surface area contributed by atoms with Crippen LogP contribution >= 0.6 is 11.3 Å². The van der Waals surface area contributed by atoms with Crippen LogP contribution in [0.3, 0.4) is 0 Å². The number of rotatable bonds is 5. The van der Waals surface area contributed by atoms with Gasteiger partial charge in [-0.3, -0.25) is 4.79 Å². The zero-order chi connectivity index (χ0) is 24.0. The van der Waals surface area contributed by atoms with Gasteiger partial charge in [-0.15, -0.1) is 11.3 Å². The van der Waals surface area contributed by atoms with Gasteiger partial charge < -0.3 is 26.4 Å². The lowest BCUT2D eigenvalue weighted by Crippen LogP contribution is -2.39. The SMILES string of the molecule is COCC1CN(c2ccc3c(n2)CCC(NC(=O)c2sc4nc(C)nc(C)c4c2N)C3)CC1N. The molecule has 0 spiro atoms. The Morgan fingerprint density at radius 2 is 2.09 bits per heavy atom. The Balaban J connectivity index is 1.28. The van der Waals surface area contributed by atoms with Crippen molar-refractivity contribution in [2.75, 3.05) is 37.4 Å². The van der Waals surface area contributed by atoms with Crippen LogP contribution in [0.15, 0.2) is 12.1 Å². The average Bonchev–Trinajstić information content (AvgIpc) is 3.33. The minimum absolute atomic E-state index is 0.0393. The maximum atomic E-state index is 13.1. The standard InChI is InChI=1S/C24H31N7O2S/c1-12-20-21(26)22(34-24(20)28-13(2)27-12)23(32)29-16-5-6-18-14(8-16)4-7-19(30-18)31-9-15(11-33-3)17(25)10-31/h4,7,15-17H,5-6,8-11,25-26H2,1-3H3,(H,29,32). The van der Waals surface area contributed by atoms with Crippen LogP contribution in [0.1, 0.15) is 38.9 Å². The molecule has 0 bridgehead atoms. The number of aryl methyl sites for hydroxylation is 3. The number of fused-ring (bicyclic) bond motifs is 2. The van der Waals surface area contributed by atoms with Crippen molar-refractivity contribution >= 4 is 39.0 Å². The van der Waals surface area contributed by atoms with Crippen molar-refractivity contribution in [1.82, 2.24) is 20.3 Å². The molecule has 2 aliphatic rings. The highest BCUT2D eigenvalue weighted by atomic mass is 32.1. The van der Waals surface area contributed by atoms with E-state index < -0.39 is 0 Å². The van der Waals surface area contributed by atoms with Gasteiger partial charge in [-0.2, -0.15) is 0 Å². The second-order valence-corrected chi connectivity index (χ2v) is 10.4. The molecule has 34 heavy (non-hydrogen) atoms. The minimum Gasteiger partial charge on any atom is -0.397 e. The second kappa shape index (κ2) is 9.09. The quantitative estimate of drug-likeness (QED) is 0.504. The Morgan fingerprint density at radius 3 is 2.88 bits per heavy atom. The van der Waals surface area contributed by atoms with E-state index in [2.05, 4.69) is 32.3 Å². The number of aromatic nitrogens is 3. The molecular formula is C24H31N7O2S. The van der Waals surface area contributed by atoms with E-state index in [1.807, 2.05) is 13.8 Å². The van der Waals surface area contributed by atoms with Gasteiger partial charge in [0.2, 0.25) is 0 Å². The van der Waals surface area contributed by atoms with E-state index in [1.165, 1.54) is 16.9 Å². The van der Waals surface area contributed by atoms with Crippen molar-refractivity contribution in [1.29, 1.82) is 0 Å². The summed E-state index contributed by atoms with van der Waals surface area (Å²) in [6.45, 7) is 6.06. The summed E-state index contributed by atoms with van der Waals surface area (Å²) in [6, 6.07) is 4.34. The molecule has 3 unspecified atom stereocenters. The van der Waals surface area contributed by atoms with Crippen molar-refractivity contribution in [2.24, 2.45) is 11.7 Å². The van der Waals surface area contributed by atoms with Crippen LogP contribution < -0.4 is 21.7 Å². The molecule has 3 aromatic heterocycles. The van der Waals surface area contributed by atoms with Gasteiger partial charge in [-0.05, 0) is 44.7 Å². The number of nitrogens with one attached hydrogen (secondary N) is 1. The Kier molecular flexibility index (Phi) is 6.13. The zero-order valence-electron chi connectivity index (χ0n) is 19.8. The summed E-state index contributed by atoms with van der Waals surface area (Å²) in [5, 5.41) is 3.96. The first kappa shape index (κ1) is 22.9. The lowest BCUT2D eigenvalue weighted by atomic mass is 9.91. The van der Waals surface area contributed by atoms with Gasteiger partial charge in [-0.25, -0.2) is 15.0 Å². The number of thiophene rings is 1. The molecule has 5 N–H and O–H groups in total. The molecule has 1 amide bonds. The molecule has 1 fully saturated rings. The van der Waals surface area contributed by atoms with Gasteiger partial charge >= 0.3 is 0 Å². The van der Waals surface area contributed by atoms with Crippen molar-refractivity contribution in [2.45, 2.75) is 45.2 Å². The Labute approximate surface area is 202 Å². The van der Waals surface area contributed by atoms with Crippen LogP contribution in [-0.4, -0.2) is 59.7 Å². The molecule has 9 nitrogen and oxygen atoms in total. The van der Waals surface area contributed by atoms with Crippen LogP contribution in [-0.2, 0) is 17.6 Å². The third kappa shape index (κ3) is 4.21. The molecule has 3 aromatic rings. The summed E-state index contributed by atoms with van der Waals surface area (Å²) >= 11 is 1.33. The van der Waals surface area contributed by atoms with Gasteiger partial charge in [0.1, 0.15) is 21.3 Å². The Bertz CT molecular complexity index is 1240. The minimum atomic E-state index is -0.147. The molecule has 0 aromatic carbocycles. The van der Waals surface area contributed by atoms with E-state index in [1.54, 1.807) is 7.11 Å². The van der Waals surface area contributed by atoms with E-state index in [4.69, 9.17) is 21.2 Å². The van der Waals surface area contributed by atoms with E-state index >= 15 is 0 Å². The van der Waals surface area contributed by atoms with Crippen LogP contribution in [0.4, 0.5) is 11.5 Å². The maximum Gasteiger partial charge on any atom is 0.263 e. The molecule has 4 heterocycles. The highest BCUT2D eigenvalue weighted by Crippen LogP contribution is 2.34. The molecule has 5 rings (SSSR count). The number of hydrogen-bond donors (Lipinski definition) is 3. The lowest BCUT2D eigenvalue weighted by molar-refractivity contribution is 0.0938. The first-order valence-electron chi connectivity index (χ1n) is 11.7. The smallest absolute Gasteiger partial charge is 0.263 e. The molecule has 1 saturated heterocycles. The molecule has 1 aliphatic carbocycles. The molecule has 0 saturated carbocycles. The first-order valence-corrected chi connectivity index (χ1v) is 12.5. The molecular weight excluding hydrogens is 450 g/mol. The molecule has 1 aliphatic heterocycles. The van der Waals surface area contributed by atoms with Gasteiger partial charge in [-0.1, -0.05) is 6.07 Å². The van der Waals surface area contributed by atoms with E-state index in [0.717, 1.165) is 59.8 Å². The number of amides is 1. The Morgan fingerprint density at radius 1 is 1.26 bits per heavy atom. The Hall–Kier alpha value is -2.82. The second-order valence-electron chi connectivity index (χ2n) is 9.35. The van der Waals surface area contributed by atoms with Gasteiger partial charge in [0, 0.05) is 43.9 Å².